The third kappa shape index (κ3) is 4.19. The minimum Gasteiger partial charge on any atom is -0.297 e. The van der Waals surface area contributed by atoms with Crippen molar-refractivity contribution in [2.24, 2.45) is 5.92 Å². The van der Waals surface area contributed by atoms with Gasteiger partial charge in [-0.25, -0.2) is 0 Å². The molecule has 1 rings (SSSR count). The maximum atomic E-state index is 11.5. The summed E-state index contributed by atoms with van der Waals surface area (Å²) in [7, 11) is -3.48. The van der Waals surface area contributed by atoms with Crippen LogP contribution in [0.3, 0.4) is 0 Å². The van der Waals surface area contributed by atoms with Gasteiger partial charge in [-0.3, -0.25) is 8.98 Å². The van der Waals surface area contributed by atoms with Crippen molar-refractivity contribution in [3.8, 4) is 0 Å². The lowest BCUT2D eigenvalue weighted by Gasteiger charge is -2.19. The molecule has 0 unspecified atom stereocenters. The van der Waals surface area contributed by atoms with Crippen LogP contribution in [-0.2, 0) is 19.1 Å². The summed E-state index contributed by atoms with van der Waals surface area (Å²) in [4.78, 5) is 11.5. The molecular formula is C9H16O4S. The molecule has 1 aliphatic rings. The largest absolute Gasteiger partial charge is 0.297 e. The van der Waals surface area contributed by atoms with Crippen LogP contribution in [0.4, 0.5) is 0 Å². The molecule has 0 aromatic carbocycles. The number of Topliss-reactive ketones (excluding diaryl/α,β-unsaturated/α-hetero) is 1. The second-order valence-corrected chi connectivity index (χ2v) is 5.41. The van der Waals surface area contributed by atoms with Gasteiger partial charge in [-0.2, -0.15) is 8.42 Å². The molecular weight excluding hydrogens is 204 g/mol. The van der Waals surface area contributed by atoms with Gasteiger partial charge in [-0.05, 0) is 12.8 Å². The zero-order valence-corrected chi connectivity index (χ0v) is 9.18. The van der Waals surface area contributed by atoms with Crippen molar-refractivity contribution in [3.05, 3.63) is 0 Å². The molecule has 0 saturated heterocycles. The second-order valence-electron chi connectivity index (χ2n) is 3.77. The highest BCUT2D eigenvalue weighted by atomic mass is 32.2. The van der Waals surface area contributed by atoms with Crippen molar-refractivity contribution in [1.82, 2.24) is 0 Å². The van der Waals surface area contributed by atoms with E-state index in [0.717, 1.165) is 31.9 Å². The zero-order valence-electron chi connectivity index (χ0n) is 8.36. The van der Waals surface area contributed by atoms with Gasteiger partial charge in [0.05, 0.1) is 6.26 Å². The average molecular weight is 220 g/mol. The van der Waals surface area contributed by atoms with Crippen molar-refractivity contribution in [2.75, 3.05) is 12.9 Å². The van der Waals surface area contributed by atoms with Gasteiger partial charge in [0.1, 0.15) is 6.61 Å². The topological polar surface area (TPSA) is 60.4 Å². The van der Waals surface area contributed by atoms with Gasteiger partial charge in [-0.1, -0.05) is 19.3 Å². The number of hydrogen-bond donors (Lipinski definition) is 0. The van der Waals surface area contributed by atoms with Crippen LogP contribution in [0.2, 0.25) is 0 Å². The first kappa shape index (κ1) is 11.7. The van der Waals surface area contributed by atoms with Gasteiger partial charge in [0.25, 0.3) is 10.1 Å². The molecule has 0 aliphatic heterocycles. The smallest absolute Gasteiger partial charge is 0.264 e. The Morgan fingerprint density at radius 1 is 1.29 bits per heavy atom. The summed E-state index contributed by atoms with van der Waals surface area (Å²) in [6.45, 7) is -0.288. The van der Waals surface area contributed by atoms with Gasteiger partial charge in [0.2, 0.25) is 0 Å². The first-order valence-corrected chi connectivity index (χ1v) is 6.68. The minimum atomic E-state index is -3.48. The van der Waals surface area contributed by atoms with Crippen molar-refractivity contribution in [1.29, 1.82) is 0 Å². The molecule has 5 heteroatoms. The predicted octanol–water partition coefficient (Wildman–Crippen LogP) is 1.11. The van der Waals surface area contributed by atoms with E-state index in [-0.39, 0.29) is 18.3 Å². The first-order chi connectivity index (χ1) is 6.49. The van der Waals surface area contributed by atoms with Crippen molar-refractivity contribution in [3.63, 3.8) is 0 Å². The van der Waals surface area contributed by atoms with Crippen LogP contribution in [0.15, 0.2) is 0 Å². The monoisotopic (exact) mass is 220 g/mol. The van der Waals surface area contributed by atoms with Crippen molar-refractivity contribution < 1.29 is 17.4 Å². The van der Waals surface area contributed by atoms with Gasteiger partial charge >= 0.3 is 0 Å². The quantitative estimate of drug-likeness (QED) is 0.666. The van der Waals surface area contributed by atoms with Crippen LogP contribution in [0.25, 0.3) is 0 Å². The SMILES string of the molecule is CS(=O)(=O)OCC(=O)C1CCCCC1. The highest BCUT2D eigenvalue weighted by molar-refractivity contribution is 7.86. The molecule has 0 bridgehead atoms. The Morgan fingerprint density at radius 2 is 1.86 bits per heavy atom. The number of carbonyl (C=O) groups is 1. The molecule has 14 heavy (non-hydrogen) atoms. The van der Waals surface area contributed by atoms with Crippen LogP contribution < -0.4 is 0 Å². The van der Waals surface area contributed by atoms with E-state index in [1.165, 1.54) is 6.42 Å². The molecule has 1 aliphatic carbocycles. The summed E-state index contributed by atoms with van der Waals surface area (Å²) in [5.74, 6) is -0.0550. The lowest BCUT2D eigenvalue weighted by Crippen LogP contribution is -2.23. The summed E-state index contributed by atoms with van der Waals surface area (Å²) in [6, 6.07) is 0. The van der Waals surface area contributed by atoms with Crippen LogP contribution in [-0.4, -0.2) is 27.1 Å². The predicted molar refractivity (Wildman–Crippen MR) is 52.4 cm³/mol. The summed E-state index contributed by atoms with van der Waals surface area (Å²) in [5, 5.41) is 0. The zero-order chi connectivity index (χ0) is 10.6. The fourth-order valence-electron chi connectivity index (χ4n) is 1.71. The molecule has 0 radical (unpaired) electrons. The molecule has 1 fully saturated rings. The molecule has 0 aromatic heterocycles. The molecule has 1 saturated carbocycles. The van der Waals surface area contributed by atoms with E-state index < -0.39 is 10.1 Å². The van der Waals surface area contributed by atoms with Crippen LogP contribution in [0.1, 0.15) is 32.1 Å². The van der Waals surface area contributed by atoms with E-state index in [2.05, 4.69) is 4.18 Å². The number of hydrogen-bond acceptors (Lipinski definition) is 4. The molecule has 0 N–H and O–H groups in total. The molecule has 0 aromatic rings. The summed E-state index contributed by atoms with van der Waals surface area (Å²) in [6.07, 6.45) is 6.03. The van der Waals surface area contributed by atoms with Crippen LogP contribution in [0, 0.1) is 5.92 Å². The number of rotatable bonds is 4. The maximum Gasteiger partial charge on any atom is 0.264 e. The van der Waals surface area contributed by atoms with E-state index in [9.17, 15) is 13.2 Å². The number of ketones is 1. The third-order valence-corrected chi connectivity index (χ3v) is 3.02. The van der Waals surface area contributed by atoms with Crippen LogP contribution >= 0.6 is 0 Å². The third-order valence-electron chi connectivity index (χ3n) is 2.48. The highest BCUT2D eigenvalue weighted by Crippen LogP contribution is 2.24. The van der Waals surface area contributed by atoms with Gasteiger partial charge in [-0.15, -0.1) is 0 Å². The fraction of sp³-hybridized carbons (Fsp3) is 0.889. The molecule has 0 spiro atoms. The standard InChI is InChI=1S/C9H16O4S/c1-14(11,12)13-7-9(10)8-5-3-2-4-6-8/h8H,2-7H2,1H3. The van der Waals surface area contributed by atoms with Crippen molar-refractivity contribution >= 4 is 15.9 Å². The summed E-state index contributed by atoms with van der Waals surface area (Å²) < 4.78 is 25.8. The van der Waals surface area contributed by atoms with Gasteiger partial charge < -0.3 is 0 Å². The average Bonchev–Trinajstić information content (AvgIpc) is 2.14. The minimum absolute atomic E-state index is 0.0190. The number of carbonyl (C=O) groups excluding carboxylic acids is 1. The van der Waals surface area contributed by atoms with E-state index in [4.69, 9.17) is 0 Å². The van der Waals surface area contributed by atoms with E-state index >= 15 is 0 Å². The van der Waals surface area contributed by atoms with E-state index in [1.807, 2.05) is 0 Å². The second kappa shape index (κ2) is 4.89. The maximum absolute atomic E-state index is 11.5. The normalized spacial score (nSPS) is 19.5. The van der Waals surface area contributed by atoms with Gasteiger partial charge in [0, 0.05) is 5.92 Å². The molecule has 0 amide bonds. The molecule has 0 atom stereocenters. The van der Waals surface area contributed by atoms with E-state index in [0.29, 0.717) is 0 Å². The van der Waals surface area contributed by atoms with E-state index in [1.54, 1.807) is 0 Å². The lowest BCUT2D eigenvalue weighted by molar-refractivity contribution is -0.125. The Bertz CT molecular complexity index is 288. The van der Waals surface area contributed by atoms with Gasteiger partial charge in [0.15, 0.2) is 5.78 Å². The Hall–Kier alpha value is -0.420. The summed E-state index contributed by atoms with van der Waals surface area (Å²) in [5.41, 5.74) is 0. The Kier molecular flexibility index (Phi) is 4.07. The Morgan fingerprint density at radius 3 is 2.36 bits per heavy atom. The Labute approximate surface area is 84.8 Å². The molecule has 0 heterocycles. The van der Waals surface area contributed by atoms with Crippen LogP contribution in [0.5, 0.6) is 0 Å². The van der Waals surface area contributed by atoms with Crippen molar-refractivity contribution in [2.45, 2.75) is 32.1 Å². The molecule has 4 nitrogen and oxygen atoms in total. The fourth-order valence-corrected chi connectivity index (χ4v) is 2.04. The highest BCUT2D eigenvalue weighted by Gasteiger charge is 2.21. The lowest BCUT2D eigenvalue weighted by atomic mass is 9.86. The Balaban J connectivity index is 2.34. The molecule has 82 valence electrons. The summed E-state index contributed by atoms with van der Waals surface area (Å²) >= 11 is 0. The first-order valence-electron chi connectivity index (χ1n) is 4.86.